The topological polar surface area (TPSA) is 84.3 Å². The Balaban J connectivity index is 2.44. The zero-order valence-electron chi connectivity index (χ0n) is 9.40. The van der Waals surface area contributed by atoms with Crippen LogP contribution in [-0.2, 0) is 6.54 Å². The number of fused-ring (bicyclic) bond motifs is 3. The molecule has 0 fully saturated rings. The molecule has 0 radical (unpaired) electrons. The summed E-state index contributed by atoms with van der Waals surface area (Å²) in [5.41, 5.74) is 6.46. The van der Waals surface area contributed by atoms with Crippen LogP contribution >= 0.6 is 0 Å². The van der Waals surface area contributed by atoms with E-state index in [1.165, 1.54) is 7.11 Å². The van der Waals surface area contributed by atoms with Crippen molar-refractivity contribution in [2.45, 2.75) is 6.54 Å². The first-order valence-electron chi connectivity index (χ1n) is 5.35. The number of anilines is 2. The van der Waals surface area contributed by atoms with Gasteiger partial charge in [0.1, 0.15) is 0 Å². The van der Waals surface area contributed by atoms with Crippen LogP contribution in [0.5, 0.6) is 11.5 Å². The normalized spacial score (nSPS) is 13.5. The van der Waals surface area contributed by atoms with E-state index in [1.54, 1.807) is 6.07 Å². The first-order valence-corrected chi connectivity index (χ1v) is 5.35. The molecule has 88 valence electrons. The fraction of sp³-hybridized carbons (Fsp3) is 0.273. The van der Waals surface area contributed by atoms with Gasteiger partial charge in [-0.05, 0) is 12.1 Å². The van der Waals surface area contributed by atoms with Crippen molar-refractivity contribution < 1.29 is 14.4 Å². The van der Waals surface area contributed by atoms with E-state index in [1.807, 2.05) is 10.6 Å². The number of phenols is 1. The molecule has 2 aromatic rings. The van der Waals surface area contributed by atoms with Crippen LogP contribution < -0.4 is 20.4 Å². The van der Waals surface area contributed by atoms with Crippen LogP contribution in [0.15, 0.2) is 12.1 Å². The molecular weight excluding hydrogens is 220 g/mol. The molecule has 0 saturated carbocycles. The second-order valence-corrected chi connectivity index (χ2v) is 3.91. The number of methoxy groups -OCH3 is 1. The third-order valence-electron chi connectivity index (χ3n) is 2.97. The summed E-state index contributed by atoms with van der Waals surface area (Å²) in [6.07, 6.45) is 0. The van der Waals surface area contributed by atoms with Crippen molar-refractivity contribution in [3.05, 3.63) is 12.1 Å². The highest BCUT2D eigenvalue weighted by Gasteiger charge is 2.25. The lowest BCUT2D eigenvalue weighted by Gasteiger charge is -2.08. The van der Waals surface area contributed by atoms with Gasteiger partial charge in [0.15, 0.2) is 17.0 Å². The number of nitrogens with one attached hydrogen (secondary N) is 1. The van der Waals surface area contributed by atoms with Gasteiger partial charge in [-0.1, -0.05) is 0 Å². The number of nitrogens with two attached hydrogens (primary N) is 1. The summed E-state index contributed by atoms with van der Waals surface area (Å²) in [5, 5.41) is 13.9. The lowest BCUT2D eigenvalue weighted by molar-refractivity contribution is -0.657. The summed E-state index contributed by atoms with van der Waals surface area (Å²) in [5.74, 6) is 1.76. The average molecular weight is 233 g/mol. The molecule has 1 aromatic heterocycles. The number of phenolic OH excluding ortho intramolecular Hbond substituents is 1. The van der Waals surface area contributed by atoms with Crippen LogP contribution in [0.4, 0.5) is 11.8 Å². The summed E-state index contributed by atoms with van der Waals surface area (Å²) >= 11 is 0. The van der Waals surface area contributed by atoms with E-state index in [-0.39, 0.29) is 5.75 Å². The maximum atomic E-state index is 9.71. The summed E-state index contributed by atoms with van der Waals surface area (Å²) in [4.78, 5) is 4.29. The second kappa shape index (κ2) is 3.38. The Morgan fingerprint density at radius 3 is 3.12 bits per heavy atom. The van der Waals surface area contributed by atoms with E-state index in [4.69, 9.17) is 10.5 Å². The van der Waals surface area contributed by atoms with E-state index < -0.39 is 0 Å². The first kappa shape index (κ1) is 9.95. The smallest absolute Gasteiger partial charge is 0.345 e. The Bertz CT molecular complexity index is 612. The molecule has 0 amide bonds. The number of nitrogens with zero attached hydrogens (tertiary/aromatic N) is 2. The van der Waals surface area contributed by atoms with Gasteiger partial charge < -0.3 is 20.9 Å². The van der Waals surface area contributed by atoms with Crippen LogP contribution in [0.3, 0.4) is 0 Å². The van der Waals surface area contributed by atoms with E-state index in [0.717, 1.165) is 24.3 Å². The summed E-state index contributed by atoms with van der Waals surface area (Å²) < 4.78 is 7.08. The largest absolute Gasteiger partial charge is 0.504 e. The van der Waals surface area contributed by atoms with Crippen molar-refractivity contribution >= 4 is 22.7 Å². The van der Waals surface area contributed by atoms with Crippen molar-refractivity contribution in [2.24, 2.45) is 0 Å². The highest BCUT2D eigenvalue weighted by Crippen LogP contribution is 2.36. The van der Waals surface area contributed by atoms with Crippen molar-refractivity contribution in [3.63, 3.8) is 0 Å². The zero-order chi connectivity index (χ0) is 12.0. The molecule has 1 aliphatic heterocycles. The highest BCUT2D eigenvalue weighted by molar-refractivity contribution is 5.94. The van der Waals surface area contributed by atoms with Crippen molar-refractivity contribution in [2.75, 3.05) is 24.7 Å². The lowest BCUT2D eigenvalue weighted by atomic mass is 10.2. The number of aromatic nitrogens is 2. The van der Waals surface area contributed by atoms with Crippen molar-refractivity contribution in [3.8, 4) is 11.5 Å². The van der Waals surface area contributed by atoms with Gasteiger partial charge in [-0.3, -0.25) is 0 Å². The predicted octanol–water partition coefficient (Wildman–Crippen LogP) is 0.244. The number of hydrogen-bond donors (Lipinski definition) is 3. The summed E-state index contributed by atoms with van der Waals surface area (Å²) in [6, 6.07) is 3.41. The summed E-state index contributed by atoms with van der Waals surface area (Å²) in [6.45, 7) is 1.63. The van der Waals surface area contributed by atoms with Gasteiger partial charge in [-0.25, -0.2) is 4.57 Å². The van der Waals surface area contributed by atoms with E-state index in [9.17, 15) is 5.11 Å². The molecule has 0 aliphatic carbocycles. The van der Waals surface area contributed by atoms with Gasteiger partial charge in [-0.2, -0.15) is 0 Å². The second-order valence-electron chi connectivity index (χ2n) is 3.91. The van der Waals surface area contributed by atoms with Crippen LogP contribution in [0.25, 0.3) is 10.9 Å². The molecular formula is C11H13N4O2+. The molecule has 3 rings (SSSR count). The number of ether oxygens (including phenoxy) is 1. The van der Waals surface area contributed by atoms with Gasteiger partial charge in [0, 0.05) is 0 Å². The van der Waals surface area contributed by atoms with Gasteiger partial charge in [-0.15, -0.1) is 4.98 Å². The zero-order valence-corrected chi connectivity index (χ0v) is 9.40. The maximum Gasteiger partial charge on any atom is 0.345 e. The van der Waals surface area contributed by atoms with Gasteiger partial charge >= 0.3 is 5.95 Å². The summed E-state index contributed by atoms with van der Waals surface area (Å²) in [7, 11) is 1.50. The third-order valence-corrected chi connectivity index (χ3v) is 2.97. The maximum absolute atomic E-state index is 9.71. The van der Waals surface area contributed by atoms with Crippen molar-refractivity contribution in [1.82, 2.24) is 4.98 Å². The van der Waals surface area contributed by atoms with Crippen LogP contribution in [0.1, 0.15) is 0 Å². The van der Waals surface area contributed by atoms with E-state index in [0.29, 0.717) is 17.2 Å². The standard InChI is InChI=1S/C11H12N4O2/c1-17-9-7(16)3-2-6-8(9)14-11(12)15-5-4-13-10(6)15/h2-3H,4-5H2,1H3,(H3,12,13,14,16)/p+1. The van der Waals surface area contributed by atoms with Gasteiger partial charge in [0.2, 0.25) is 5.82 Å². The molecule has 0 unspecified atom stereocenters. The Labute approximate surface area is 97.6 Å². The van der Waals surface area contributed by atoms with E-state index >= 15 is 0 Å². The van der Waals surface area contributed by atoms with E-state index in [2.05, 4.69) is 10.3 Å². The molecule has 6 nitrogen and oxygen atoms in total. The Kier molecular flexibility index (Phi) is 1.98. The quantitative estimate of drug-likeness (QED) is 0.615. The highest BCUT2D eigenvalue weighted by atomic mass is 16.5. The number of nitrogen functional groups attached to an aromatic ring is 1. The average Bonchev–Trinajstić information content (AvgIpc) is 2.79. The Morgan fingerprint density at radius 2 is 2.35 bits per heavy atom. The molecule has 1 aliphatic rings. The minimum absolute atomic E-state index is 0.0647. The molecule has 0 saturated heterocycles. The van der Waals surface area contributed by atoms with Gasteiger partial charge in [0.25, 0.3) is 0 Å². The number of hydrogen-bond acceptors (Lipinski definition) is 5. The van der Waals surface area contributed by atoms with Crippen molar-refractivity contribution in [1.29, 1.82) is 0 Å². The third kappa shape index (κ3) is 1.27. The molecule has 0 spiro atoms. The lowest BCUT2D eigenvalue weighted by Crippen LogP contribution is -2.36. The Morgan fingerprint density at radius 1 is 1.53 bits per heavy atom. The number of aromatic hydroxyl groups is 1. The first-order chi connectivity index (χ1) is 8.22. The minimum atomic E-state index is 0.0647. The Hall–Kier alpha value is -2.24. The van der Waals surface area contributed by atoms with Crippen LogP contribution in [-0.4, -0.2) is 23.7 Å². The molecule has 4 N–H and O–H groups in total. The van der Waals surface area contributed by atoms with Gasteiger partial charge in [0.05, 0.1) is 25.6 Å². The number of benzene rings is 1. The molecule has 0 bridgehead atoms. The SMILES string of the molecule is COc1c(O)ccc2c3[n+](c(N)nc12)CCN3. The minimum Gasteiger partial charge on any atom is -0.504 e. The predicted molar refractivity (Wildman–Crippen MR) is 63.1 cm³/mol. The number of rotatable bonds is 1. The molecule has 0 atom stereocenters. The fourth-order valence-corrected chi connectivity index (χ4v) is 2.20. The monoisotopic (exact) mass is 233 g/mol. The van der Waals surface area contributed by atoms with Crippen LogP contribution in [0.2, 0.25) is 0 Å². The van der Waals surface area contributed by atoms with Crippen LogP contribution in [0, 0.1) is 0 Å². The fourth-order valence-electron chi connectivity index (χ4n) is 2.20. The molecule has 17 heavy (non-hydrogen) atoms. The molecule has 6 heteroatoms. The molecule has 2 heterocycles. The molecule has 1 aromatic carbocycles.